The van der Waals surface area contributed by atoms with E-state index in [1.54, 1.807) is 26.1 Å². The largest absolute Gasteiger partial charge is 0.374 e. The second-order valence-corrected chi connectivity index (χ2v) is 11.2. The van der Waals surface area contributed by atoms with Gasteiger partial charge >= 0.3 is 0 Å². The molecule has 42 heavy (non-hydrogen) atoms. The molecule has 0 aromatic heterocycles. The highest BCUT2D eigenvalue weighted by molar-refractivity contribution is 5.94. The van der Waals surface area contributed by atoms with Gasteiger partial charge in [0.2, 0.25) is 17.7 Å². The quantitative estimate of drug-likeness (QED) is 0.354. The Kier molecular flexibility index (Phi) is 11.3. The summed E-state index contributed by atoms with van der Waals surface area (Å²) in [6, 6.07) is 12.9. The Labute approximate surface area is 246 Å². The Hall–Kier alpha value is -4.09. The van der Waals surface area contributed by atoms with Crippen molar-refractivity contribution in [2.45, 2.75) is 59.0 Å². The van der Waals surface area contributed by atoms with Crippen LogP contribution in [0.1, 0.15) is 38.8 Å². The van der Waals surface area contributed by atoms with Crippen molar-refractivity contribution in [3.8, 4) is 0 Å². The molecule has 0 saturated heterocycles. The average molecular weight is 582 g/mol. The molecule has 2 aromatic rings. The van der Waals surface area contributed by atoms with Gasteiger partial charge < -0.3 is 30.5 Å². The number of nitrogens with one attached hydrogen (secondary N) is 3. The van der Waals surface area contributed by atoms with Crippen LogP contribution in [-0.2, 0) is 37.1 Å². The summed E-state index contributed by atoms with van der Waals surface area (Å²) in [5, 5.41) is 8.19. The van der Waals surface area contributed by atoms with E-state index in [0.29, 0.717) is 5.56 Å². The molecule has 0 aliphatic carbocycles. The van der Waals surface area contributed by atoms with Gasteiger partial charge in [0.1, 0.15) is 17.9 Å². The molecule has 0 radical (unpaired) electrons. The summed E-state index contributed by atoms with van der Waals surface area (Å²) >= 11 is 0. The van der Waals surface area contributed by atoms with E-state index in [4.69, 9.17) is 4.74 Å². The number of ether oxygens (including phenoxy) is 1. The van der Waals surface area contributed by atoms with Crippen LogP contribution < -0.4 is 16.0 Å². The number of hydrogen-bond donors (Lipinski definition) is 3. The summed E-state index contributed by atoms with van der Waals surface area (Å²) in [5.41, 5.74) is 0.857. The number of nitrogens with zero attached hydrogens (tertiary/aromatic N) is 2. The van der Waals surface area contributed by atoms with Crippen molar-refractivity contribution in [3.63, 3.8) is 0 Å². The van der Waals surface area contributed by atoms with Gasteiger partial charge in [0.25, 0.3) is 5.91 Å². The summed E-state index contributed by atoms with van der Waals surface area (Å²) in [6.07, 6.45) is 2.92. The predicted octanol–water partition coefficient (Wildman–Crippen LogP) is 2.31. The predicted molar refractivity (Wildman–Crippen MR) is 156 cm³/mol. The number of carbonyl (C=O) groups is 4. The highest BCUT2D eigenvalue weighted by atomic mass is 19.1. The van der Waals surface area contributed by atoms with Crippen LogP contribution in [0.15, 0.2) is 67.0 Å². The van der Waals surface area contributed by atoms with E-state index in [-0.39, 0.29) is 25.7 Å². The first-order valence-electron chi connectivity index (χ1n) is 13.8. The van der Waals surface area contributed by atoms with Gasteiger partial charge in [0.15, 0.2) is 0 Å². The van der Waals surface area contributed by atoms with Gasteiger partial charge in [-0.15, -0.1) is 0 Å². The molecule has 10 nitrogen and oxygen atoms in total. The van der Waals surface area contributed by atoms with E-state index < -0.39 is 53.6 Å². The average Bonchev–Trinajstić information content (AvgIpc) is 2.95. The van der Waals surface area contributed by atoms with Crippen LogP contribution in [0.2, 0.25) is 0 Å². The molecule has 0 fully saturated rings. The van der Waals surface area contributed by atoms with E-state index in [9.17, 15) is 23.6 Å². The number of carbonyl (C=O) groups excluding carboxylic acids is 4. The zero-order valence-electron chi connectivity index (χ0n) is 24.7. The lowest BCUT2D eigenvalue weighted by molar-refractivity contribution is -0.146. The fourth-order valence-electron chi connectivity index (χ4n) is 4.30. The maximum atomic E-state index is 13.7. The molecule has 3 N–H and O–H groups in total. The van der Waals surface area contributed by atoms with Crippen LogP contribution in [0.25, 0.3) is 0 Å². The van der Waals surface area contributed by atoms with E-state index in [1.807, 2.05) is 51.1 Å². The zero-order valence-corrected chi connectivity index (χ0v) is 24.7. The van der Waals surface area contributed by atoms with Crippen LogP contribution in [0.5, 0.6) is 0 Å². The van der Waals surface area contributed by atoms with Crippen molar-refractivity contribution >= 4 is 23.6 Å². The maximum Gasteiger partial charge on any atom is 0.252 e. The minimum atomic E-state index is -1.01. The number of rotatable bonds is 12. The topological polar surface area (TPSA) is 120 Å². The summed E-state index contributed by atoms with van der Waals surface area (Å²) in [4.78, 5) is 55.1. The van der Waals surface area contributed by atoms with Crippen molar-refractivity contribution in [1.29, 1.82) is 0 Å². The fourth-order valence-corrected chi connectivity index (χ4v) is 4.30. The summed E-state index contributed by atoms with van der Waals surface area (Å²) in [5.74, 6) is -2.23. The lowest BCUT2D eigenvalue weighted by atomic mass is 9.86. The van der Waals surface area contributed by atoms with Crippen molar-refractivity contribution in [2.24, 2.45) is 5.41 Å². The SMILES string of the molecule is CN[C@@H](C)C(=O)N[C@H](C(=O)NCC(=O)N1C=CN(Cc2cccc(F)c2)C(=O)[C@@H]1COCc1ccccc1)C(C)(C)C. The summed E-state index contributed by atoms with van der Waals surface area (Å²) < 4.78 is 19.6. The Morgan fingerprint density at radius 3 is 2.33 bits per heavy atom. The first-order chi connectivity index (χ1) is 19.9. The molecular formula is C31H40FN5O5. The third-order valence-electron chi connectivity index (χ3n) is 6.88. The van der Waals surface area contributed by atoms with Gasteiger partial charge in [0.05, 0.1) is 32.3 Å². The van der Waals surface area contributed by atoms with Crippen LogP contribution in [0.4, 0.5) is 4.39 Å². The molecule has 0 saturated carbocycles. The van der Waals surface area contributed by atoms with E-state index in [2.05, 4.69) is 16.0 Å². The van der Waals surface area contributed by atoms with Crippen LogP contribution in [0.3, 0.4) is 0 Å². The van der Waals surface area contributed by atoms with Gasteiger partial charge in [-0.25, -0.2) is 4.39 Å². The number of amides is 4. The van der Waals surface area contributed by atoms with Crippen LogP contribution in [0, 0.1) is 11.2 Å². The van der Waals surface area contributed by atoms with Gasteiger partial charge in [-0.2, -0.15) is 0 Å². The van der Waals surface area contributed by atoms with Crippen LogP contribution >= 0.6 is 0 Å². The third-order valence-corrected chi connectivity index (χ3v) is 6.88. The second kappa shape index (κ2) is 14.7. The Morgan fingerprint density at radius 1 is 1.00 bits per heavy atom. The minimum absolute atomic E-state index is 0.0972. The Bertz CT molecular complexity index is 1280. The van der Waals surface area contributed by atoms with Crippen molar-refractivity contribution < 1.29 is 28.3 Å². The molecule has 0 unspecified atom stereocenters. The first kappa shape index (κ1) is 32.4. The molecule has 4 amide bonds. The van der Waals surface area contributed by atoms with Crippen molar-refractivity contribution in [3.05, 3.63) is 83.9 Å². The fraction of sp³-hybridized carbons (Fsp3) is 0.419. The molecule has 0 bridgehead atoms. The van der Waals surface area contributed by atoms with Gasteiger partial charge in [0, 0.05) is 12.4 Å². The Balaban J connectivity index is 1.73. The van der Waals surface area contributed by atoms with Gasteiger partial charge in [-0.3, -0.25) is 19.2 Å². The first-order valence-corrected chi connectivity index (χ1v) is 13.8. The maximum absolute atomic E-state index is 13.7. The third kappa shape index (κ3) is 8.95. The van der Waals surface area contributed by atoms with E-state index in [1.165, 1.54) is 34.3 Å². The number of hydrogen-bond acceptors (Lipinski definition) is 6. The lowest BCUT2D eigenvalue weighted by Crippen LogP contribution is -2.58. The summed E-state index contributed by atoms with van der Waals surface area (Å²) in [6.45, 7) is 6.94. The smallest absolute Gasteiger partial charge is 0.252 e. The number of likely N-dealkylation sites (N-methyl/N-ethyl adjacent to an activating group) is 1. The standard InChI is InChI=1S/C31H40FN5O5/c1-21(33-5)28(39)35-27(31(2,3)4)29(40)34-17-26(38)37-15-14-36(18-23-12-9-13-24(32)16-23)30(41)25(37)20-42-19-22-10-7-6-8-11-22/h6-16,21,25,27,33H,17-20H2,1-5H3,(H,34,40)(H,35,39)/t21-,25-,27+/m0/s1. The zero-order chi connectivity index (χ0) is 30.9. The van der Waals surface area contributed by atoms with Gasteiger partial charge in [-0.1, -0.05) is 63.2 Å². The van der Waals surface area contributed by atoms with Crippen molar-refractivity contribution in [1.82, 2.24) is 25.8 Å². The highest BCUT2D eigenvalue weighted by Gasteiger charge is 2.37. The molecule has 3 rings (SSSR count). The second-order valence-electron chi connectivity index (χ2n) is 11.2. The molecule has 2 aromatic carbocycles. The van der Waals surface area contributed by atoms with Gasteiger partial charge in [-0.05, 0) is 42.6 Å². The number of halogens is 1. The molecule has 11 heteroatoms. The van der Waals surface area contributed by atoms with Crippen molar-refractivity contribution in [2.75, 3.05) is 20.2 Å². The molecular weight excluding hydrogens is 541 g/mol. The molecule has 1 heterocycles. The summed E-state index contributed by atoms with van der Waals surface area (Å²) in [7, 11) is 1.64. The lowest BCUT2D eigenvalue weighted by Gasteiger charge is -2.36. The molecule has 226 valence electrons. The van der Waals surface area contributed by atoms with E-state index in [0.717, 1.165) is 5.56 Å². The normalized spacial score (nSPS) is 16.6. The number of benzene rings is 2. The van der Waals surface area contributed by atoms with Crippen LogP contribution in [-0.4, -0.2) is 71.8 Å². The molecule has 3 atom stereocenters. The minimum Gasteiger partial charge on any atom is -0.374 e. The Morgan fingerprint density at radius 2 is 1.69 bits per heavy atom. The van der Waals surface area contributed by atoms with E-state index >= 15 is 0 Å². The molecule has 1 aliphatic rings. The monoisotopic (exact) mass is 581 g/mol. The molecule has 1 aliphatic heterocycles. The molecule has 0 spiro atoms. The highest BCUT2D eigenvalue weighted by Crippen LogP contribution is 2.21.